The highest BCUT2D eigenvalue weighted by Gasteiger charge is 2.40. The molecule has 0 saturated carbocycles. The quantitative estimate of drug-likeness (QED) is 0.0681. The van der Waals surface area contributed by atoms with Gasteiger partial charge in [0.1, 0.15) is 0 Å². The van der Waals surface area contributed by atoms with Gasteiger partial charge in [-0.1, -0.05) is 94.3 Å². The molecule has 2 unspecified atom stereocenters. The number of terminal acetylenes is 1. The molecular weight excluding hydrogens is 512 g/mol. The van der Waals surface area contributed by atoms with Crippen LogP contribution in [0.2, 0.25) is 0 Å². The minimum Gasteiger partial charge on any atom is -1.00 e. The van der Waals surface area contributed by atoms with Crippen LogP contribution in [-0.2, 0) is 6.42 Å². The summed E-state index contributed by atoms with van der Waals surface area (Å²) < 4.78 is 0.979. The van der Waals surface area contributed by atoms with E-state index in [4.69, 9.17) is 18.0 Å². The molecule has 0 aliphatic carbocycles. The summed E-state index contributed by atoms with van der Waals surface area (Å²) in [5, 5.41) is 0. The Labute approximate surface area is 205 Å². The van der Waals surface area contributed by atoms with Crippen molar-refractivity contribution in [1.29, 1.82) is 0 Å². The Morgan fingerprint density at radius 3 is 1.83 bits per heavy atom. The van der Waals surface area contributed by atoms with Gasteiger partial charge in [-0.3, -0.25) is 4.48 Å². The fourth-order valence-corrected chi connectivity index (χ4v) is 5.54. The zero-order valence-corrected chi connectivity index (χ0v) is 22.1. The molecule has 0 aliphatic heterocycles. The van der Waals surface area contributed by atoms with Gasteiger partial charge in [-0.05, 0) is 37.2 Å². The van der Waals surface area contributed by atoms with Crippen molar-refractivity contribution >= 4 is 34.2 Å². The van der Waals surface area contributed by atoms with Crippen LogP contribution in [0.15, 0.2) is 30.3 Å². The molecule has 0 saturated heterocycles. The lowest BCUT2D eigenvalue weighted by Crippen LogP contribution is -3.00. The van der Waals surface area contributed by atoms with Crippen molar-refractivity contribution in [2.75, 3.05) is 13.1 Å². The summed E-state index contributed by atoms with van der Waals surface area (Å²) in [6, 6.07) is 10.6. The van der Waals surface area contributed by atoms with Gasteiger partial charge in [0.15, 0.2) is 5.50 Å². The van der Waals surface area contributed by atoms with Gasteiger partial charge in [-0.2, -0.15) is 0 Å². The molecule has 0 heterocycles. The Kier molecular flexibility index (Phi) is 17.7. The van der Waals surface area contributed by atoms with E-state index in [-0.39, 0.29) is 22.0 Å². The van der Waals surface area contributed by atoms with E-state index in [1.165, 1.54) is 69.8 Å². The zero-order chi connectivity index (χ0) is 20.7. The fraction of sp³-hybridized carbons (Fsp3) is 0.680. The van der Waals surface area contributed by atoms with E-state index in [9.17, 15) is 0 Å². The van der Waals surface area contributed by atoms with Gasteiger partial charge < -0.3 is 12.4 Å². The lowest BCUT2D eigenvalue weighted by atomic mass is 10.1. The normalized spacial score (nSPS) is 13.3. The van der Waals surface area contributed by atoms with Crippen LogP contribution in [0.4, 0.5) is 0 Å². The first-order valence-electron chi connectivity index (χ1n) is 11.2. The Balaban J connectivity index is 0.00000784. The van der Waals surface area contributed by atoms with Gasteiger partial charge in [-0.25, -0.2) is 0 Å². The molecule has 166 valence electrons. The maximum atomic E-state index is 7.16. The molecular formula is C25H40Cl2IN. The highest BCUT2D eigenvalue weighted by molar-refractivity contribution is 14.1. The van der Waals surface area contributed by atoms with Gasteiger partial charge in [-0.15, -0.1) is 6.42 Å². The Hall–Kier alpha value is 0.0500. The van der Waals surface area contributed by atoms with E-state index in [2.05, 4.69) is 72.7 Å². The van der Waals surface area contributed by atoms with E-state index in [0.717, 1.165) is 24.0 Å². The molecule has 1 aromatic carbocycles. The maximum absolute atomic E-state index is 7.16. The van der Waals surface area contributed by atoms with E-state index >= 15 is 0 Å². The van der Waals surface area contributed by atoms with Crippen molar-refractivity contribution in [1.82, 2.24) is 0 Å². The third-order valence-electron chi connectivity index (χ3n) is 5.75. The number of halogens is 3. The second-order valence-corrected chi connectivity index (χ2v) is 9.69. The molecule has 0 radical (unpaired) electrons. The molecule has 1 aromatic rings. The molecule has 1 nitrogen and oxygen atoms in total. The molecule has 0 aliphatic rings. The van der Waals surface area contributed by atoms with E-state index < -0.39 is 0 Å². The number of hydrogen-bond acceptors (Lipinski definition) is 0. The number of hydrogen-bond donors (Lipinski definition) is 0. The van der Waals surface area contributed by atoms with Gasteiger partial charge in [0.2, 0.25) is 4.05 Å². The number of alkyl halides is 2. The lowest BCUT2D eigenvalue weighted by molar-refractivity contribution is -0.938. The largest absolute Gasteiger partial charge is 1.00 e. The molecule has 0 fully saturated rings. The van der Waals surface area contributed by atoms with Gasteiger partial charge >= 0.3 is 0 Å². The summed E-state index contributed by atoms with van der Waals surface area (Å²) in [7, 11) is 0. The van der Waals surface area contributed by atoms with Crippen molar-refractivity contribution in [3.8, 4) is 12.3 Å². The Morgan fingerprint density at radius 2 is 1.38 bits per heavy atom. The third kappa shape index (κ3) is 10.8. The van der Waals surface area contributed by atoms with Crippen LogP contribution in [0.5, 0.6) is 0 Å². The van der Waals surface area contributed by atoms with Crippen LogP contribution >= 0.6 is 34.2 Å². The smallest absolute Gasteiger partial charge is 0.201 e. The summed E-state index contributed by atoms with van der Waals surface area (Å²) >= 11 is 9.63. The van der Waals surface area contributed by atoms with E-state index in [1.54, 1.807) is 0 Å². The summed E-state index contributed by atoms with van der Waals surface area (Å²) in [4.78, 5) is 0. The van der Waals surface area contributed by atoms with Crippen molar-refractivity contribution in [2.45, 2.75) is 94.0 Å². The summed E-state index contributed by atoms with van der Waals surface area (Å²) in [6.45, 7) is 6.72. The first-order valence-corrected chi connectivity index (χ1v) is 12.9. The first-order chi connectivity index (χ1) is 13.6. The average molecular weight is 552 g/mol. The van der Waals surface area contributed by atoms with Crippen molar-refractivity contribution in [3.63, 3.8) is 0 Å². The average Bonchev–Trinajstić information content (AvgIpc) is 2.72. The first kappa shape index (κ1) is 29.1. The number of benzene rings is 1. The number of unbranched alkanes of at least 4 members (excludes halogenated alkanes) is 8. The lowest BCUT2D eigenvalue weighted by Gasteiger charge is -2.44. The van der Waals surface area contributed by atoms with E-state index in [1.807, 2.05) is 0 Å². The maximum Gasteiger partial charge on any atom is 0.201 e. The third-order valence-corrected chi connectivity index (χ3v) is 7.76. The highest BCUT2D eigenvalue weighted by Crippen LogP contribution is 2.31. The van der Waals surface area contributed by atoms with Crippen LogP contribution < -0.4 is 12.4 Å². The monoisotopic (exact) mass is 551 g/mol. The van der Waals surface area contributed by atoms with Gasteiger partial charge in [0.25, 0.3) is 0 Å². The van der Waals surface area contributed by atoms with E-state index in [0.29, 0.717) is 0 Å². The summed E-state index contributed by atoms with van der Waals surface area (Å²) in [5.74, 6) is 3.05. The van der Waals surface area contributed by atoms with Crippen molar-refractivity contribution in [2.24, 2.45) is 0 Å². The highest BCUT2D eigenvalue weighted by atomic mass is 127. The summed E-state index contributed by atoms with van der Waals surface area (Å²) in [6.07, 6.45) is 19.7. The number of nitrogens with zero attached hydrogens (tertiary/aromatic N) is 1. The minimum atomic E-state index is 0. The molecule has 2 atom stereocenters. The predicted molar refractivity (Wildman–Crippen MR) is 134 cm³/mol. The van der Waals surface area contributed by atoms with Crippen molar-refractivity contribution in [3.05, 3.63) is 35.9 Å². The predicted octanol–water partition coefficient (Wildman–Crippen LogP) is 4.95. The molecule has 0 amide bonds. The van der Waals surface area contributed by atoms with Gasteiger partial charge in [0.05, 0.1) is 13.1 Å². The molecule has 1 rings (SSSR count). The van der Waals surface area contributed by atoms with Gasteiger partial charge in [0, 0.05) is 29.0 Å². The second-order valence-electron chi connectivity index (χ2n) is 8.01. The molecule has 4 heteroatoms. The second kappa shape index (κ2) is 17.7. The molecule has 29 heavy (non-hydrogen) atoms. The SMILES string of the molecule is C#CC(I)[N+](CCCCCCC)(CCCCCCC)C(Cl)Cc1ccccc1.[Cl-]. The summed E-state index contributed by atoms with van der Waals surface area (Å²) in [5.41, 5.74) is 1.33. The molecule has 0 aromatic heterocycles. The molecule has 0 spiro atoms. The van der Waals surface area contributed by atoms with Crippen LogP contribution in [0.1, 0.15) is 83.6 Å². The van der Waals surface area contributed by atoms with Crippen LogP contribution in [0.25, 0.3) is 0 Å². The minimum absolute atomic E-state index is 0. The molecule has 0 N–H and O–H groups in total. The van der Waals surface area contributed by atoms with Crippen LogP contribution in [0, 0.1) is 12.3 Å². The van der Waals surface area contributed by atoms with Crippen LogP contribution in [0.3, 0.4) is 0 Å². The Morgan fingerprint density at radius 1 is 0.897 bits per heavy atom. The Bertz CT molecular complexity index is 530. The number of quaternary nitrogens is 1. The zero-order valence-electron chi connectivity index (χ0n) is 18.4. The van der Waals surface area contributed by atoms with Crippen LogP contribution in [-0.4, -0.2) is 27.1 Å². The molecule has 0 bridgehead atoms. The standard InChI is InChI=1S/C25H40ClIN.ClH/c1-4-7-9-11-16-20-28(25(27)6-3,21-17-12-10-8-5-2)24(26)22-23-18-14-13-15-19-23;/h3,13-15,18-19,24-25H,4-5,7-12,16-17,20-22H2,1-2H3;1H/q+1;/p-1. The topological polar surface area (TPSA) is 0 Å². The number of rotatable bonds is 16. The van der Waals surface area contributed by atoms with Crippen molar-refractivity contribution < 1.29 is 16.9 Å². The fourth-order valence-electron chi connectivity index (χ4n) is 3.92.